The molecule has 0 aliphatic carbocycles. The van der Waals surface area contributed by atoms with Crippen LogP contribution in [0, 0.1) is 5.92 Å². The lowest BCUT2D eigenvalue weighted by Crippen LogP contribution is -2.32. The van der Waals surface area contributed by atoms with E-state index in [1.165, 1.54) is 0 Å². The van der Waals surface area contributed by atoms with Crippen molar-refractivity contribution in [3.63, 3.8) is 0 Å². The molecule has 0 aliphatic rings. The number of carbonyl (C=O) groups excluding carboxylic acids is 1. The predicted molar refractivity (Wildman–Crippen MR) is 94.7 cm³/mol. The Morgan fingerprint density at radius 3 is 2.58 bits per heavy atom. The molecule has 1 N–H and O–H groups in total. The van der Waals surface area contributed by atoms with E-state index in [0.29, 0.717) is 35.5 Å². The van der Waals surface area contributed by atoms with E-state index in [1.54, 1.807) is 12.1 Å². The summed E-state index contributed by atoms with van der Waals surface area (Å²) in [4.78, 5) is 16.3. The summed E-state index contributed by atoms with van der Waals surface area (Å²) in [6, 6.07) is 7.41. The maximum absolute atomic E-state index is 12.0. The predicted octanol–water partition coefficient (Wildman–Crippen LogP) is 4.26. The van der Waals surface area contributed by atoms with Gasteiger partial charge in [0.1, 0.15) is 0 Å². The number of benzene rings is 1. The second kappa shape index (κ2) is 8.83. The van der Waals surface area contributed by atoms with Crippen LogP contribution >= 0.6 is 11.6 Å². The fourth-order valence-electron chi connectivity index (χ4n) is 2.30. The minimum absolute atomic E-state index is 0.0116. The molecular formula is C18H24ClN3O2. The average Bonchev–Trinajstić information content (AvgIpc) is 3.00. The minimum atomic E-state index is 0.0116. The van der Waals surface area contributed by atoms with Gasteiger partial charge in [0.2, 0.25) is 17.6 Å². The molecule has 1 aromatic heterocycles. The topological polar surface area (TPSA) is 68.0 Å². The molecule has 1 unspecified atom stereocenters. The molecule has 0 fully saturated rings. The van der Waals surface area contributed by atoms with Crippen molar-refractivity contribution >= 4 is 17.5 Å². The highest BCUT2D eigenvalue weighted by molar-refractivity contribution is 6.30. The third-order valence-electron chi connectivity index (χ3n) is 3.72. The third-order valence-corrected chi connectivity index (χ3v) is 3.97. The monoisotopic (exact) mass is 349 g/mol. The van der Waals surface area contributed by atoms with Crippen LogP contribution in [0.4, 0.5) is 0 Å². The van der Waals surface area contributed by atoms with Crippen LogP contribution in [-0.2, 0) is 11.2 Å². The number of amides is 1. The van der Waals surface area contributed by atoms with Gasteiger partial charge in [0.15, 0.2) is 0 Å². The van der Waals surface area contributed by atoms with Crippen LogP contribution in [0.5, 0.6) is 0 Å². The van der Waals surface area contributed by atoms with Gasteiger partial charge in [-0.15, -0.1) is 0 Å². The van der Waals surface area contributed by atoms with Crippen molar-refractivity contribution in [2.75, 3.05) is 0 Å². The van der Waals surface area contributed by atoms with Gasteiger partial charge in [-0.25, -0.2) is 0 Å². The number of nitrogens with one attached hydrogen (secondary N) is 1. The van der Waals surface area contributed by atoms with Crippen molar-refractivity contribution < 1.29 is 9.32 Å². The third kappa shape index (κ3) is 5.96. The molecule has 0 radical (unpaired) electrons. The van der Waals surface area contributed by atoms with Crippen molar-refractivity contribution in [2.45, 2.75) is 52.5 Å². The lowest BCUT2D eigenvalue weighted by molar-refractivity contribution is -0.121. The van der Waals surface area contributed by atoms with Gasteiger partial charge in [-0.3, -0.25) is 4.79 Å². The van der Waals surface area contributed by atoms with Crippen LogP contribution in [0.2, 0.25) is 5.02 Å². The Hall–Kier alpha value is -1.88. The van der Waals surface area contributed by atoms with Crippen LogP contribution in [-0.4, -0.2) is 22.1 Å². The van der Waals surface area contributed by atoms with Crippen molar-refractivity contribution in [3.05, 3.63) is 35.2 Å². The van der Waals surface area contributed by atoms with Gasteiger partial charge < -0.3 is 9.84 Å². The van der Waals surface area contributed by atoms with Crippen LogP contribution < -0.4 is 5.32 Å². The van der Waals surface area contributed by atoms with Gasteiger partial charge in [0.05, 0.1) is 0 Å². The van der Waals surface area contributed by atoms with E-state index in [0.717, 1.165) is 18.4 Å². The number of hydrogen-bond donors (Lipinski definition) is 1. The van der Waals surface area contributed by atoms with Crippen molar-refractivity contribution in [1.29, 1.82) is 0 Å². The summed E-state index contributed by atoms with van der Waals surface area (Å²) in [5.74, 6) is 1.63. The van der Waals surface area contributed by atoms with E-state index in [1.807, 2.05) is 19.1 Å². The summed E-state index contributed by atoms with van der Waals surface area (Å²) in [5.41, 5.74) is 0.834. The van der Waals surface area contributed by atoms with Crippen LogP contribution in [0.25, 0.3) is 11.4 Å². The van der Waals surface area contributed by atoms with E-state index in [4.69, 9.17) is 16.1 Å². The number of nitrogens with zero attached hydrogens (tertiary/aromatic N) is 2. The van der Waals surface area contributed by atoms with Crippen LogP contribution in [0.3, 0.4) is 0 Å². The summed E-state index contributed by atoms with van der Waals surface area (Å²) in [6.45, 7) is 6.40. The highest BCUT2D eigenvalue weighted by Crippen LogP contribution is 2.19. The average molecular weight is 350 g/mol. The molecule has 0 saturated heterocycles. The van der Waals surface area contributed by atoms with E-state index in [9.17, 15) is 4.79 Å². The first-order valence-electron chi connectivity index (χ1n) is 8.32. The number of carbonyl (C=O) groups is 1. The second-order valence-corrected chi connectivity index (χ2v) is 6.89. The number of halogens is 1. The minimum Gasteiger partial charge on any atom is -0.354 e. The summed E-state index contributed by atoms with van der Waals surface area (Å²) in [6.07, 6.45) is 2.87. The zero-order chi connectivity index (χ0) is 17.5. The Balaban J connectivity index is 1.80. The smallest absolute Gasteiger partial charge is 0.227 e. The van der Waals surface area contributed by atoms with Gasteiger partial charge in [-0.2, -0.15) is 4.98 Å². The first kappa shape index (κ1) is 18.5. The molecular weight excluding hydrogens is 326 g/mol. The highest BCUT2D eigenvalue weighted by atomic mass is 35.5. The molecule has 24 heavy (non-hydrogen) atoms. The maximum atomic E-state index is 12.0. The fourth-order valence-corrected chi connectivity index (χ4v) is 2.42. The lowest BCUT2D eigenvalue weighted by Gasteiger charge is -2.14. The SMILES string of the molecule is CC(C)CCC(C)NC(=O)CCc1nc(-c2ccc(Cl)cc2)no1. The lowest BCUT2D eigenvalue weighted by atomic mass is 10.0. The normalized spacial score (nSPS) is 12.4. The Labute approximate surface area is 147 Å². The second-order valence-electron chi connectivity index (χ2n) is 6.46. The summed E-state index contributed by atoms with van der Waals surface area (Å²) >= 11 is 5.86. The molecule has 1 amide bonds. The molecule has 2 aromatic rings. The molecule has 2 rings (SSSR count). The number of hydrogen-bond acceptors (Lipinski definition) is 4. The van der Waals surface area contributed by atoms with E-state index < -0.39 is 0 Å². The largest absolute Gasteiger partial charge is 0.354 e. The van der Waals surface area contributed by atoms with Crippen molar-refractivity contribution in [3.8, 4) is 11.4 Å². The van der Waals surface area contributed by atoms with Crippen molar-refractivity contribution in [2.24, 2.45) is 5.92 Å². The zero-order valence-corrected chi connectivity index (χ0v) is 15.1. The van der Waals surface area contributed by atoms with Crippen LogP contribution in [0.15, 0.2) is 28.8 Å². The Kier molecular flexibility index (Phi) is 6.79. The van der Waals surface area contributed by atoms with Gasteiger partial charge in [0, 0.05) is 29.5 Å². The molecule has 1 heterocycles. The summed E-state index contributed by atoms with van der Waals surface area (Å²) < 4.78 is 5.21. The van der Waals surface area contributed by atoms with Gasteiger partial charge >= 0.3 is 0 Å². The van der Waals surface area contributed by atoms with E-state index in [2.05, 4.69) is 29.3 Å². The number of rotatable bonds is 8. The van der Waals surface area contributed by atoms with Gasteiger partial charge in [0.25, 0.3) is 0 Å². The maximum Gasteiger partial charge on any atom is 0.227 e. The van der Waals surface area contributed by atoms with E-state index >= 15 is 0 Å². The number of aromatic nitrogens is 2. The zero-order valence-electron chi connectivity index (χ0n) is 14.4. The molecule has 0 spiro atoms. The molecule has 1 aromatic carbocycles. The fraction of sp³-hybridized carbons (Fsp3) is 0.500. The summed E-state index contributed by atoms with van der Waals surface area (Å²) in [7, 11) is 0. The standard InChI is InChI=1S/C18H24ClN3O2/c1-12(2)4-5-13(3)20-16(23)10-11-17-21-18(22-24-17)14-6-8-15(19)9-7-14/h6-9,12-13H,4-5,10-11H2,1-3H3,(H,20,23). The van der Waals surface area contributed by atoms with Gasteiger partial charge in [-0.1, -0.05) is 30.6 Å². The van der Waals surface area contributed by atoms with Crippen molar-refractivity contribution in [1.82, 2.24) is 15.5 Å². The van der Waals surface area contributed by atoms with E-state index in [-0.39, 0.29) is 11.9 Å². The molecule has 0 bridgehead atoms. The Morgan fingerprint density at radius 2 is 1.92 bits per heavy atom. The molecule has 6 heteroatoms. The molecule has 0 saturated carbocycles. The van der Waals surface area contributed by atoms with Gasteiger partial charge in [-0.05, 0) is 49.9 Å². The van der Waals surface area contributed by atoms with Crippen LogP contribution in [0.1, 0.15) is 45.9 Å². The Bertz CT molecular complexity index is 653. The Morgan fingerprint density at radius 1 is 1.21 bits per heavy atom. The molecule has 5 nitrogen and oxygen atoms in total. The highest BCUT2D eigenvalue weighted by Gasteiger charge is 2.12. The molecule has 1 atom stereocenters. The number of aryl methyl sites for hydroxylation is 1. The summed E-state index contributed by atoms with van der Waals surface area (Å²) in [5, 5.41) is 7.61. The molecule has 130 valence electrons. The first-order chi connectivity index (χ1) is 11.4. The molecule has 0 aliphatic heterocycles. The first-order valence-corrected chi connectivity index (χ1v) is 8.69. The quantitative estimate of drug-likeness (QED) is 0.773.